The summed E-state index contributed by atoms with van der Waals surface area (Å²) in [4.78, 5) is 2.08. The minimum Gasteiger partial charge on any atom is -0.479 e. The van der Waals surface area contributed by atoms with Crippen LogP contribution in [0.4, 0.5) is 26.0 Å². The Bertz CT molecular complexity index is 1110. The largest absolute Gasteiger partial charge is 0.673 e. The van der Waals surface area contributed by atoms with Gasteiger partial charge in [-0.05, 0) is 49.7 Å². The third kappa shape index (κ3) is 5.71. The van der Waals surface area contributed by atoms with Crippen LogP contribution in [-0.4, -0.2) is 20.3 Å². The number of rotatable bonds is 3. The van der Waals surface area contributed by atoms with E-state index >= 15 is 0 Å². The van der Waals surface area contributed by atoms with Crippen LogP contribution < -0.4 is 13.3 Å². The fourth-order valence-electron chi connectivity index (χ4n) is 3.09. The summed E-state index contributed by atoms with van der Waals surface area (Å²) >= 11 is 3.34. The van der Waals surface area contributed by atoms with E-state index < -0.39 is 7.25 Å². The highest BCUT2D eigenvalue weighted by Crippen LogP contribution is 2.47. The SMILES string of the molecule is CC[N+](CC)=c1sc2c(s1)C(c1ccc(F)cc1)Oc1ccc(F)cc1-2.F[B-](F)(F)F. The number of fused-ring (bicyclic) bond motifs is 3. The Morgan fingerprint density at radius 1 is 0.903 bits per heavy atom. The van der Waals surface area contributed by atoms with Gasteiger partial charge in [-0.25, -0.2) is 13.4 Å². The third-order valence-electron chi connectivity index (χ3n) is 4.47. The van der Waals surface area contributed by atoms with Crippen molar-refractivity contribution in [2.75, 3.05) is 13.1 Å². The Hall–Kier alpha value is -2.27. The quantitative estimate of drug-likeness (QED) is 0.243. The number of hydrogen-bond acceptors (Lipinski definition) is 3. The van der Waals surface area contributed by atoms with Crippen molar-refractivity contribution in [3.63, 3.8) is 0 Å². The van der Waals surface area contributed by atoms with Gasteiger partial charge in [0, 0.05) is 5.56 Å². The van der Waals surface area contributed by atoms with Crippen molar-refractivity contribution in [2.24, 2.45) is 0 Å². The van der Waals surface area contributed by atoms with Gasteiger partial charge < -0.3 is 22.0 Å². The Kier molecular flexibility index (Phi) is 7.15. The van der Waals surface area contributed by atoms with E-state index in [1.807, 2.05) is 0 Å². The average molecular weight is 477 g/mol. The fraction of sp³-hybridized carbons (Fsp3) is 0.250. The van der Waals surface area contributed by atoms with E-state index in [-0.39, 0.29) is 17.7 Å². The normalized spacial score (nSPS) is 14.6. The summed E-state index contributed by atoms with van der Waals surface area (Å²) in [5.41, 5.74) is 1.68. The molecule has 0 bridgehead atoms. The molecule has 166 valence electrons. The first-order valence-corrected chi connectivity index (χ1v) is 11.0. The molecular weight excluding hydrogens is 459 g/mol. The molecule has 1 aromatic heterocycles. The molecule has 0 spiro atoms. The first kappa shape index (κ1) is 23.4. The van der Waals surface area contributed by atoms with Gasteiger partial charge in [-0.2, -0.15) is 0 Å². The maximum atomic E-state index is 13.9. The van der Waals surface area contributed by atoms with Crippen molar-refractivity contribution in [1.82, 2.24) is 4.58 Å². The maximum absolute atomic E-state index is 13.9. The molecule has 0 fully saturated rings. The van der Waals surface area contributed by atoms with Crippen LogP contribution in [0.1, 0.15) is 30.4 Å². The molecule has 0 amide bonds. The molecule has 0 N–H and O–H groups in total. The van der Waals surface area contributed by atoms with Gasteiger partial charge in [-0.15, -0.1) is 0 Å². The van der Waals surface area contributed by atoms with Crippen LogP contribution in [0.2, 0.25) is 0 Å². The topological polar surface area (TPSA) is 12.2 Å². The van der Waals surface area contributed by atoms with Crippen molar-refractivity contribution in [1.29, 1.82) is 0 Å². The van der Waals surface area contributed by atoms with Crippen LogP contribution >= 0.6 is 22.7 Å². The number of ether oxygens (including phenoxy) is 1. The van der Waals surface area contributed by atoms with E-state index in [2.05, 4.69) is 18.4 Å². The molecule has 0 saturated heterocycles. The number of halogens is 6. The van der Waals surface area contributed by atoms with Gasteiger partial charge in [0.2, 0.25) is 0 Å². The highest BCUT2D eigenvalue weighted by Gasteiger charge is 2.32. The second-order valence-electron chi connectivity index (χ2n) is 6.52. The lowest BCUT2D eigenvalue weighted by molar-refractivity contribution is 0.247. The van der Waals surface area contributed by atoms with E-state index in [1.54, 1.807) is 40.9 Å². The van der Waals surface area contributed by atoms with Gasteiger partial charge >= 0.3 is 11.2 Å². The Morgan fingerprint density at radius 3 is 2.06 bits per heavy atom. The monoisotopic (exact) mass is 477 g/mol. The van der Waals surface area contributed by atoms with Gasteiger partial charge in [-0.3, -0.25) is 0 Å². The standard InChI is InChI=1S/C20H18F2NOS2.BF4/c1-3-23(4-2)20-25-18-15-11-14(22)9-10-16(15)24-17(19(18)26-20)12-5-7-13(21)8-6-12;2-1(3,4)5/h5-11,17H,3-4H2,1-2H3;/q+1;-1. The predicted octanol–water partition coefficient (Wildman–Crippen LogP) is 6.35. The molecule has 2 aromatic carbocycles. The first-order chi connectivity index (χ1) is 14.6. The van der Waals surface area contributed by atoms with Gasteiger partial charge in [0.25, 0.3) is 0 Å². The molecule has 11 heteroatoms. The zero-order valence-corrected chi connectivity index (χ0v) is 18.2. The molecule has 0 saturated carbocycles. The fourth-order valence-corrected chi connectivity index (χ4v) is 6.13. The van der Waals surface area contributed by atoms with Crippen LogP contribution in [0.25, 0.3) is 10.4 Å². The third-order valence-corrected chi connectivity index (χ3v) is 7.25. The van der Waals surface area contributed by atoms with Gasteiger partial charge in [0.1, 0.15) is 30.5 Å². The molecule has 31 heavy (non-hydrogen) atoms. The lowest BCUT2D eigenvalue weighted by Crippen LogP contribution is -2.25. The Balaban J connectivity index is 0.000000491. The van der Waals surface area contributed by atoms with Gasteiger partial charge in [0.05, 0.1) is 9.75 Å². The summed E-state index contributed by atoms with van der Waals surface area (Å²) in [7, 11) is -6.00. The molecule has 1 aliphatic heterocycles. The van der Waals surface area contributed by atoms with Crippen molar-refractivity contribution in [2.45, 2.75) is 20.0 Å². The van der Waals surface area contributed by atoms with Crippen molar-refractivity contribution in [3.8, 4) is 16.2 Å². The summed E-state index contributed by atoms with van der Waals surface area (Å²) in [6.07, 6.45) is -0.311. The van der Waals surface area contributed by atoms with Crippen LogP contribution in [0.15, 0.2) is 42.5 Å². The molecule has 0 radical (unpaired) electrons. The highest BCUT2D eigenvalue weighted by molar-refractivity contribution is 7.29. The minimum absolute atomic E-state index is 0.273. The average Bonchev–Trinajstić information content (AvgIpc) is 3.13. The van der Waals surface area contributed by atoms with E-state index in [4.69, 9.17) is 4.74 Å². The zero-order valence-electron chi connectivity index (χ0n) is 16.6. The Labute approximate surface area is 183 Å². The lowest BCUT2D eigenvalue weighted by atomic mass is 10.0. The van der Waals surface area contributed by atoms with E-state index in [0.29, 0.717) is 5.75 Å². The summed E-state index contributed by atoms with van der Waals surface area (Å²) in [5.74, 6) is 0.111. The summed E-state index contributed by atoms with van der Waals surface area (Å²) in [6, 6.07) is 11.0. The molecule has 1 unspecified atom stereocenters. The molecule has 4 rings (SSSR count). The zero-order chi connectivity index (χ0) is 22.8. The van der Waals surface area contributed by atoms with Crippen molar-refractivity contribution in [3.05, 3.63) is 68.5 Å². The minimum atomic E-state index is -6.00. The summed E-state index contributed by atoms with van der Waals surface area (Å²) in [5, 5.41) is 0. The number of nitrogens with zero attached hydrogens (tertiary/aromatic N) is 1. The number of hydrogen-bond donors (Lipinski definition) is 0. The van der Waals surface area contributed by atoms with E-state index in [9.17, 15) is 26.0 Å². The van der Waals surface area contributed by atoms with Crippen LogP contribution in [-0.2, 0) is 0 Å². The van der Waals surface area contributed by atoms with Crippen LogP contribution in [0.3, 0.4) is 0 Å². The van der Waals surface area contributed by atoms with Gasteiger partial charge in [-0.1, -0.05) is 34.8 Å². The summed E-state index contributed by atoms with van der Waals surface area (Å²) < 4.78 is 75.9. The molecule has 1 aliphatic rings. The highest BCUT2D eigenvalue weighted by atomic mass is 32.2. The second kappa shape index (κ2) is 9.48. The van der Waals surface area contributed by atoms with Crippen molar-refractivity contribution < 1.29 is 30.8 Å². The van der Waals surface area contributed by atoms with Crippen LogP contribution in [0.5, 0.6) is 5.75 Å². The maximum Gasteiger partial charge on any atom is 0.673 e. The molecule has 0 aliphatic carbocycles. The molecule has 2 nitrogen and oxygen atoms in total. The van der Waals surface area contributed by atoms with E-state index in [0.717, 1.165) is 34.0 Å². The lowest BCUT2D eigenvalue weighted by Gasteiger charge is -2.25. The molecule has 3 aromatic rings. The predicted molar refractivity (Wildman–Crippen MR) is 113 cm³/mol. The molecule has 2 heterocycles. The molecular formula is C20H18BF6NOS2. The molecule has 1 atom stereocenters. The second-order valence-corrected chi connectivity index (χ2v) is 8.81. The Morgan fingerprint density at radius 2 is 1.48 bits per heavy atom. The van der Waals surface area contributed by atoms with Gasteiger partial charge in [0.15, 0.2) is 6.10 Å². The van der Waals surface area contributed by atoms with Crippen LogP contribution in [0, 0.1) is 11.6 Å². The summed E-state index contributed by atoms with van der Waals surface area (Å²) in [6.45, 7) is 6.06. The van der Waals surface area contributed by atoms with E-state index in [1.165, 1.54) is 28.3 Å². The first-order valence-electron chi connectivity index (χ1n) is 9.41. The number of benzene rings is 2. The van der Waals surface area contributed by atoms with Crippen molar-refractivity contribution >= 4 is 29.9 Å². The smallest absolute Gasteiger partial charge is 0.479 e.